The number of hydrogen-bond acceptors (Lipinski definition) is 3. The average molecular weight is 339 g/mol. The van der Waals surface area contributed by atoms with Crippen LogP contribution in [0.15, 0.2) is 79.0 Å². The zero-order chi connectivity index (χ0) is 18.2. The van der Waals surface area contributed by atoms with Crippen LogP contribution in [-0.4, -0.2) is 11.5 Å². The molecule has 3 rings (SSSR count). The Balaban J connectivity index is 1.79. The first-order valence-corrected chi connectivity index (χ1v) is 8.72. The monoisotopic (exact) mass is 339 g/mol. The Morgan fingerprint density at radius 3 is 2.35 bits per heavy atom. The third-order valence-electron chi connectivity index (χ3n) is 4.23. The lowest BCUT2D eigenvalue weighted by Gasteiger charge is -2.23. The third kappa shape index (κ3) is 4.37. The predicted octanol–water partition coefficient (Wildman–Crippen LogP) is 5.17. The molecular formula is C23H21N3. The van der Waals surface area contributed by atoms with Gasteiger partial charge < -0.3 is 4.90 Å². The maximum absolute atomic E-state index is 9.42. The Bertz CT molecular complexity index is 892. The molecule has 0 N–H and O–H groups in total. The molecule has 2 aromatic carbocycles. The summed E-state index contributed by atoms with van der Waals surface area (Å²) in [6, 6.07) is 26.6. The minimum absolute atomic E-state index is 0.565. The SMILES string of the molecule is CCN(Cc1ccccc1)c1ccc(/C=C(\C#N)c2ccccn2)cc1. The molecule has 0 saturated heterocycles. The van der Waals surface area contributed by atoms with Gasteiger partial charge in [0.1, 0.15) is 6.07 Å². The number of allylic oxidation sites excluding steroid dienone is 1. The highest BCUT2D eigenvalue weighted by molar-refractivity contribution is 5.88. The lowest BCUT2D eigenvalue weighted by atomic mass is 10.1. The second-order valence-electron chi connectivity index (χ2n) is 5.98. The van der Waals surface area contributed by atoms with E-state index in [9.17, 15) is 5.26 Å². The van der Waals surface area contributed by atoms with Crippen molar-refractivity contribution in [3.63, 3.8) is 0 Å². The number of anilines is 1. The highest BCUT2D eigenvalue weighted by Gasteiger charge is 2.06. The number of hydrogen-bond donors (Lipinski definition) is 0. The number of benzene rings is 2. The molecule has 0 aliphatic rings. The molecule has 0 radical (unpaired) electrons. The molecule has 0 unspecified atom stereocenters. The quantitative estimate of drug-likeness (QED) is 0.582. The molecule has 0 bridgehead atoms. The molecule has 0 spiro atoms. The highest BCUT2D eigenvalue weighted by Crippen LogP contribution is 2.21. The van der Waals surface area contributed by atoms with E-state index in [4.69, 9.17) is 0 Å². The zero-order valence-electron chi connectivity index (χ0n) is 14.8. The lowest BCUT2D eigenvalue weighted by Crippen LogP contribution is -2.21. The molecule has 3 aromatic rings. The van der Waals surface area contributed by atoms with Crippen LogP contribution in [0.1, 0.15) is 23.7 Å². The highest BCUT2D eigenvalue weighted by atomic mass is 15.1. The van der Waals surface area contributed by atoms with E-state index in [1.54, 1.807) is 6.20 Å². The van der Waals surface area contributed by atoms with Crippen molar-refractivity contribution in [2.24, 2.45) is 0 Å². The van der Waals surface area contributed by atoms with Crippen molar-refractivity contribution in [3.05, 3.63) is 95.8 Å². The number of nitriles is 1. The first-order chi connectivity index (χ1) is 12.8. The minimum Gasteiger partial charge on any atom is -0.367 e. The summed E-state index contributed by atoms with van der Waals surface area (Å²) < 4.78 is 0. The number of pyridine rings is 1. The molecule has 0 aliphatic heterocycles. The van der Waals surface area contributed by atoms with Gasteiger partial charge in [-0.2, -0.15) is 5.26 Å². The van der Waals surface area contributed by atoms with Gasteiger partial charge in [-0.3, -0.25) is 4.98 Å². The van der Waals surface area contributed by atoms with Crippen molar-refractivity contribution in [1.82, 2.24) is 4.98 Å². The van der Waals surface area contributed by atoms with Crippen LogP contribution >= 0.6 is 0 Å². The van der Waals surface area contributed by atoms with E-state index in [-0.39, 0.29) is 0 Å². The minimum atomic E-state index is 0.565. The molecular weight excluding hydrogens is 318 g/mol. The maximum atomic E-state index is 9.42. The average Bonchev–Trinajstić information content (AvgIpc) is 2.72. The first kappa shape index (κ1) is 17.4. The summed E-state index contributed by atoms with van der Waals surface area (Å²) in [6.45, 7) is 3.97. The van der Waals surface area contributed by atoms with Crippen LogP contribution in [0.5, 0.6) is 0 Å². The third-order valence-corrected chi connectivity index (χ3v) is 4.23. The smallest absolute Gasteiger partial charge is 0.101 e. The van der Waals surface area contributed by atoms with Gasteiger partial charge in [-0.15, -0.1) is 0 Å². The Kier molecular flexibility index (Phi) is 5.80. The van der Waals surface area contributed by atoms with Crippen LogP contribution in [0.25, 0.3) is 11.6 Å². The van der Waals surface area contributed by atoms with Gasteiger partial charge in [0.2, 0.25) is 0 Å². The summed E-state index contributed by atoms with van der Waals surface area (Å²) in [7, 11) is 0. The summed E-state index contributed by atoms with van der Waals surface area (Å²) >= 11 is 0. The van der Waals surface area contributed by atoms with Gasteiger partial charge in [-0.25, -0.2) is 0 Å². The summed E-state index contributed by atoms with van der Waals surface area (Å²) in [5.74, 6) is 0. The number of aromatic nitrogens is 1. The summed E-state index contributed by atoms with van der Waals surface area (Å²) in [5, 5.41) is 9.42. The molecule has 1 heterocycles. The van der Waals surface area contributed by atoms with Gasteiger partial charge in [0.05, 0.1) is 11.3 Å². The molecule has 3 heteroatoms. The predicted molar refractivity (Wildman–Crippen MR) is 107 cm³/mol. The molecule has 0 aliphatic carbocycles. The van der Waals surface area contributed by atoms with Gasteiger partial charge in [-0.05, 0) is 48.4 Å². The van der Waals surface area contributed by atoms with Crippen LogP contribution in [0.4, 0.5) is 5.69 Å². The standard InChI is InChI=1S/C23H21N3/c1-2-26(18-20-8-4-3-5-9-20)22-13-11-19(12-14-22)16-21(17-24)23-10-6-7-15-25-23/h3-16H,2,18H2,1H3/b21-16+. The van der Waals surface area contributed by atoms with Crippen molar-refractivity contribution < 1.29 is 0 Å². The molecule has 1 aromatic heterocycles. The molecule has 0 atom stereocenters. The number of rotatable bonds is 6. The second kappa shape index (κ2) is 8.64. The lowest BCUT2D eigenvalue weighted by molar-refractivity contribution is 0.832. The van der Waals surface area contributed by atoms with Gasteiger partial charge in [-0.1, -0.05) is 48.5 Å². The van der Waals surface area contributed by atoms with Crippen LogP contribution in [0.2, 0.25) is 0 Å². The Morgan fingerprint density at radius 1 is 1.00 bits per heavy atom. The Hall–Kier alpha value is -3.38. The van der Waals surface area contributed by atoms with Gasteiger partial charge in [0.25, 0.3) is 0 Å². The summed E-state index contributed by atoms with van der Waals surface area (Å²) in [6.07, 6.45) is 3.58. The molecule has 0 fully saturated rings. The molecule has 0 amide bonds. The maximum Gasteiger partial charge on any atom is 0.101 e. The second-order valence-corrected chi connectivity index (χ2v) is 5.98. The summed E-state index contributed by atoms with van der Waals surface area (Å²) in [5.41, 5.74) is 4.71. The van der Waals surface area contributed by atoms with Crippen LogP contribution in [0.3, 0.4) is 0 Å². The van der Waals surface area contributed by atoms with Gasteiger partial charge >= 0.3 is 0 Å². The number of nitrogens with zero attached hydrogens (tertiary/aromatic N) is 3. The van der Waals surface area contributed by atoms with Crippen molar-refractivity contribution in [2.75, 3.05) is 11.4 Å². The summed E-state index contributed by atoms with van der Waals surface area (Å²) in [4.78, 5) is 6.58. The molecule has 26 heavy (non-hydrogen) atoms. The van der Waals surface area contributed by atoms with Gasteiger partial charge in [0, 0.05) is 25.0 Å². The van der Waals surface area contributed by atoms with E-state index >= 15 is 0 Å². The Labute approximate surface area is 154 Å². The zero-order valence-corrected chi connectivity index (χ0v) is 14.8. The normalized spacial score (nSPS) is 11.0. The van der Waals surface area contributed by atoms with Crippen LogP contribution in [0, 0.1) is 11.3 Å². The van der Waals surface area contributed by atoms with E-state index < -0.39 is 0 Å². The first-order valence-electron chi connectivity index (χ1n) is 8.72. The van der Waals surface area contributed by atoms with Crippen LogP contribution in [-0.2, 0) is 6.54 Å². The van der Waals surface area contributed by atoms with E-state index in [2.05, 4.69) is 59.3 Å². The molecule has 3 nitrogen and oxygen atoms in total. The fourth-order valence-electron chi connectivity index (χ4n) is 2.82. The largest absolute Gasteiger partial charge is 0.367 e. The molecule has 0 saturated carbocycles. The van der Waals surface area contributed by atoms with E-state index in [1.807, 2.05) is 42.5 Å². The van der Waals surface area contributed by atoms with Crippen molar-refractivity contribution in [2.45, 2.75) is 13.5 Å². The van der Waals surface area contributed by atoms with Crippen LogP contribution < -0.4 is 4.90 Å². The van der Waals surface area contributed by atoms with Gasteiger partial charge in [0.15, 0.2) is 0 Å². The Morgan fingerprint density at radius 2 is 1.73 bits per heavy atom. The molecule has 128 valence electrons. The fourth-order valence-corrected chi connectivity index (χ4v) is 2.82. The van der Waals surface area contributed by atoms with E-state index in [0.717, 1.165) is 18.7 Å². The van der Waals surface area contributed by atoms with Crippen molar-refractivity contribution >= 4 is 17.3 Å². The van der Waals surface area contributed by atoms with Crippen molar-refractivity contribution in [3.8, 4) is 6.07 Å². The van der Waals surface area contributed by atoms with E-state index in [0.29, 0.717) is 11.3 Å². The topological polar surface area (TPSA) is 39.9 Å². The fraction of sp³-hybridized carbons (Fsp3) is 0.130. The van der Waals surface area contributed by atoms with Crippen molar-refractivity contribution in [1.29, 1.82) is 5.26 Å². The van der Waals surface area contributed by atoms with E-state index in [1.165, 1.54) is 11.3 Å².